The molecule has 7 heteroatoms. The molecule has 0 saturated heterocycles. The van der Waals surface area contributed by atoms with Crippen molar-refractivity contribution in [2.75, 3.05) is 6.61 Å². The number of hydrogen-bond acceptors (Lipinski definition) is 4. The quantitative estimate of drug-likeness (QED) is 0.839. The number of benzene rings is 2. The van der Waals surface area contributed by atoms with Crippen LogP contribution in [0.2, 0.25) is 5.02 Å². The minimum atomic E-state index is -0.534. The molecule has 0 aromatic heterocycles. The first-order valence-electron chi connectivity index (χ1n) is 8.43. The molecule has 27 heavy (non-hydrogen) atoms. The molecule has 1 aliphatic rings. The summed E-state index contributed by atoms with van der Waals surface area (Å²) in [6, 6.07) is 8.87. The number of Topliss-reactive ketones (excluding diaryl/α,β-unsaturated/α-hetero) is 1. The normalized spacial score (nSPS) is 14.9. The van der Waals surface area contributed by atoms with Crippen molar-refractivity contribution in [1.82, 2.24) is 5.32 Å². The minimum absolute atomic E-state index is 0.0258. The average molecular weight is 392 g/mol. The summed E-state index contributed by atoms with van der Waals surface area (Å²) >= 11 is 5.92. The van der Waals surface area contributed by atoms with Gasteiger partial charge in [0.1, 0.15) is 22.9 Å². The maximum Gasteiger partial charge on any atom is 0.258 e. The molecule has 0 unspecified atom stereocenters. The van der Waals surface area contributed by atoms with Crippen molar-refractivity contribution in [2.24, 2.45) is 0 Å². The third-order valence-electron chi connectivity index (χ3n) is 4.09. The average Bonchev–Trinajstić information content (AvgIpc) is 2.58. The number of amides is 1. The molecule has 0 saturated carbocycles. The van der Waals surface area contributed by atoms with E-state index in [2.05, 4.69) is 5.32 Å². The molecule has 142 valence electrons. The SMILES string of the molecule is CC1(C)CC(=O)c2cc(OCC(=O)NCc3ccc(F)cc3Cl)ccc2O1. The summed E-state index contributed by atoms with van der Waals surface area (Å²) in [6.07, 6.45) is 0.280. The van der Waals surface area contributed by atoms with E-state index in [1.807, 2.05) is 13.8 Å². The van der Waals surface area contributed by atoms with Gasteiger partial charge in [0.05, 0.1) is 12.0 Å². The van der Waals surface area contributed by atoms with E-state index in [1.54, 1.807) is 18.2 Å². The van der Waals surface area contributed by atoms with E-state index in [9.17, 15) is 14.0 Å². The summed E-state index contributed by atoms with van der Waals surface area (Å²) in [7, 11) is 0. The Bertz CT molecular complexity index is 898. The first-order valence-corrected chi connectivity index (χ1v) is 8.81. The van der Waals surface area contributed by atoms with E-state index in [0.717, 1.165) is 0 Å². The molecule has 1 N–H and O–H groups in total. The van der Waals surface area contributed by atoms with Crippen LogP contribution in [0.25, 0.3) is 0 Å². The second-order valence-corrected chi connectivity index (χ2v) is 7.33. The zero-order valence-corrected chi connectivity index (χ0v) is 15.7. The van der Waals surface area contributed by atoms with Crippen LogP contribution in [0.4, 0.5) is 4.39 Å². The zero-order valence-electron chi connectivity index (χ0n) is 15.0. The number of carbonyl (C=O) groups excluding carboxylic acids is 2. The topological polar surface area (TPSA) is 64.6 Å². The molecular weight excluding hydrogens is 373 g/mol. The lowest BCUT2D eigenvalue weighted by molar-refractivity contribution is -0.123. The lowest BCUT2D eigenvalue weighted by Gasteiger charge is -2.31. The standard InChI is InChI=1S/C20H19ClFNO4/c1-20(2)9-17(24)15-8-14(5-6-18(15)27-20)26-11-19(25)23-10-12-3-4-13(22)7-16(12)21/h3-8H,9-11H2,1-2H3,(H,23,25). The van der Waals surface area contributed by atoms with Crippen molar-refractivity contribution in [3.8, 4) is 11.5 Å². The van der Waals surface area contributed by atoms with Crippen LogP contribution in [-0.4, -0.2) is 23.9 Å². The van der Waals surface area contributed by atoms with E-state index in [1.165, 1.54) is 18.2 Å². The molecule has 1 amide bonds. The number of fused-ring (bicyclic) bond motifs is 1. The highest BCUT2D eigenvalue weighted by Gasteiger charge is 2.32. The van der Waals surface area contributed by atoms with E-state index in [-0.39, 0.29) is 36.3 Å². The van der Waals surface area contributed by atoms with Crippen molar-refractivity contribution in [1.29, 1.82) is 0 Å². The van der Waals surface area contributed by atoms with Gasteiger partial charge in [0.2, 0.25) is 0 Å². The van der Waals surface area contributed by atoms with E-state index >= 15 is 0 Å². The Balaban J connectivity index is 1.56. The molecule has 2 aromatic rings. The van der Waals surface area contributed by atoms with Gasteiger partial charge < -0.3 is 14.8 Å². The van der Waals surface area contributed by atoms with E-state index in [4.69, 9.17) is 21.1 Å². The molecule has 3 rings (SSSR count). The summed E-state index contributed by atoms with van der Waals surface area (Å²) in [5, 5.41) is 2.89. The second kappa shape index (κ2) is 7.56. The zero-order chi connectivity index (χ0) is 19.6. The van der Waals surface area contributed by atoms with Crippen LogP contribution >= 0.6 is 11.6 Å². The highest BCUT2D eigenvalue weighted by atomic mass is 35.5. The number of rotatable bonds is 5. The van der Waals surface area contributed by atoms with Crippen molar-refractivity contribution in [2.45, 2.75) is 32.4 Å². The molecule has 0 radical (unpaired) electrons. The molecule has 0 bridgehead atoms. The summed E-state index contributed by atoms with van der Waals surface area (Å²) < 4.78 is 24.3. The van der Waals surface area contributed by atoms with Crippen molar-refractivity contribution < 1.29 is 23.5 Å². The van der Waals surface area contributed by atoms with Crippen LogP contribution in [-0.2, 0) is 11.3 Å². The lowest BCUT2D eigenvalue weighted by atomic mass is 9.93. The predicted octanol–water partition coefficient (Wildman–Crippen LogP) is 3.92. The maximum absolute atomic E-state index is 13.0. The first-order chi connectivity index (χ1) is 12.7. The monoisotopic (exact) mass is 391 g/mol. The fourth-order valence-corrected chi connectivity index (χ4v) is 3.01. The van der Waals surface area contributed by atoms with E-state index < -0.39 is 11.4 Å². The van der Waals surface area contributed by atoms with Gasteiger partial charge in [-0.05, 0) is 49.7 Å². The molecule has 2 aromatic carbocycles. The number of ketones is 1. The van der Waals surface area contributed by atoms with Crippen molar-refractivity contribution in [3.63, 3.8) is 0 Å². The molecule has 1 heterocycles. The molecule has 0 fully saturated rings. The van der Waals surface area contributed by atoms with Crippen LogP contribution in [0.5, 0.6) is 11.5 Å². The van der Waals surface area contributed by atoms with Gasteiger partial charge in [-0.3, -0.25) is 9.59 Å². The Morgan fingerprint density at radius 3 is 2.81 bits per heavy atom. The van der Waals surface area contributed by atoms with Crippen LogP contribution in [0.1, 0.15) is 36.2 Å². The fourth-order valence-electron chi connectivity index (χ4n) is 2.78. The number of carbonyl (C=O) groups is 2. The summed E-state index contributed by atoms with van der Waals surface area (Å²) in [5.74, 6) is 0.0889. The number of halogens is 2. The van der Waals surface area contributed by atoms with Crippen LogP contribution in [0, 0.1) is 5.82 Å². The van der Waals surface area contributed by atoms with Gasteiger partial charge in [0, 0.05) is 11.6 Å². The Morgan fingerprint density at radius 1 is 1.30 bits per heavy atom. The molecule has 5 nitrogen and oxygen atoms in total. The number of ether oxygens (including phenoxy) is 2. The third-order valence-corrected chi connectivity index (χ3v) is 4.44. The lowest BCUT2D eigenvalue weighted by Crippen LogP contribution is -2.35. The Morgan fingerprint density at radius 2 is 2.07 bits per heavy atom. The van der Waals surface area contributed by atoms with Crippen LogP contribution in [0.3, 0.4) is 0 Å². The van der Waals surface area contributed by atoms with Gasteiger partial charge in [-0.2, -0.15) is 0 Å². The Kier molecular flexibility index (Phi) is 5.37. The largest absolute Gasteiger partial charge is 0.487 e. The molecule has 0 aliphatic carbocycles. The molecular formula is C20H19ClFNO4. The fraction of sp³-hybridized carbons (Fsp3) is 0.300. The summed E-state index contributed by atoms with van der Waals surface area (Å²) in [5.41, 5.74) is 0.518. The van der Waals surface area contributed by atoms with Gasteiger partial charge in [-0.25, -0.2) is 4.39 Å². The van der Waals surface area contributed by atoms with Crippen LogP contribution < -0.4 is 14.8 Å². The second-order valence-electron chi connectivity index (χ2n) is 6.92. The van der Waals surface area contributed by atoms with Gasteiger partial charge in [0.15, 0.2) is 12.4 Å². The van der Waals surface area contributed by atoms with Gasteiger partial charge in [-0.15, -0.1) is 0 Å². The molecule has 0 atom stereocenters. The number of nitrogens with one attached hydrogen (secondary N) is 1. The maximum atomic E-state index is 13.0. The molecule has 1 aliphatic heterocycles. The third kappa shape index (κ3) is 4.77. The van der Waals surface area contributed by atoms with Gasteiger partial charge >= 0.3 is 0 Å². The van der Waals surface area contributed by atoms with Gasteiger partial charge in [0.25, 0.3) is 5.91 Å². The minimum Gasteiger partial charge on any atom is -0.487 e. The first kappa shape index (κ1) is 19.2. The van der Waals surface area contributed by atoms with Crippen molar-refractivity contribution >= 4 is 23.3 Å². The Labute approximate surface area is 161 Å². The van der Waals surface area contributed by atoms with Crippen molar-refractivity contribution in [3.05, 3.63) is 58.4 Å². The number of hydrogen-bond donors (Lipinski definition) is 1. The highest BCUT2D eigenvalue weighted by molar-refractivity contribution is 6.31. The predicted molar refractivity (Wildman–Crippen MR) is 98.8 cm³/mol. The summed E-state index contributed by atoms with van der Waals surface area (Å²) in [4.78, 5) is 24.2. The van der Waals surface area contributed by atoms with E-state index in [0.29, 0.717) is 22.6 Å². The smallest absolute Gasteiger partial charge is 0.258 e. The molecule has 0 spiro atoms. The van der Waals surface area contributed by atoms with Gasteiger partial charge in [-0.1, -0.05) is 17.7 Å². The summed E-state index contributed by atoms with van der Waals surface area (Å²) in [6.45, 7) is 3.65. The highest BCUT2D eigenvalue weighted by Crippen LogP contribution is 2.35. The van der Waals surface area contributed by atoms with Crippen LogP contribution in [0.15, 0.2) is 36.4 Å². The Hall–Kier alpha value is -2.60.